The van der Waals surface area contributed by atoms with Crippen molar-refractivity contribution in [1.82, 2.24) is 0 Å². The van der Waals surface area contributed by atoms with Crippen LogP contribution in [0.4, 0.5) is 0 Å². The van der Waals surface area contributed by atoms with E-state index < -0.39 is 12.6 Å². The minimum Gasteiger partial charge on any atom is -0.428 e. The first-order chi connectivity index (χ1) is 6.74. The Morgan fingerprint density at radius 2 is 1.71 bits per heavy atom. The molecule has 83 valence electrons. The number of hydrogen-bond donors (Lipinski definition) is 0. The highest BCUT2D eigenvalue weighted by Gasteiger charge is 2.11. The Kier molecular flexibility index (Phi) is 8.51. The van der Waals surface area contributed by atoms with E-state index in [1.165, 1.54) is 6.47 Å². The van der Waals surface area contributed by atoms with Crippen LogP contribution in [0.5, 0.6) is 0 Å². The summed E-state index contributed by atoms with van der Waals surface area (Å²) in [5.41, 5.74) is 0. The molecule has 0 aromatic carbocycles. The van der Waals surface area contributed by atoms with E-state index >= 15 is 0 Å². The lowest BCUT2D eigenvalue weighted by Crippen LogP contribution is -2.26. The number of carbonyl (C=O) groups excluding carboxylic acids is 1. The van der Waals surface area contributed by atoms with Crippen LogP contribution < -0.4 is 0 Å². The normalized spacial score (nSPS) is 12.9. The van der Waals surface area contributed by atoms with E-state index in [-0.39, 0.29) is 6.61 Å². The third-order valence-corrected chi connectivity index (χ3v) is 1.39. The minimum atomic E-state index is -0.629. The van der Waals surface area contributed by atoms with E-state index in [1.54, 1.807) is 6.92 Å². The summed E-state index contributed by atoms with van der Waals surface area (Å²) in [5, 5.41) is 0. The van der Waals surface area contributed by atoms with Crippen LogP contribution in [0.15, 0.2) is 0 Å². The zero-order valence-corrected chi connectivity index (χ0v) is 8.82. The molecule has 0 aromatic rings. The Bertz CT molecular complexity index is 133. The quantitative estimate of drug-likeness (QED) is 0.522. The molecule has 0 heterocycles. The van der Waals surface area contributed by atoms with Crippen LogP contribution in [0, 0.1) is 0 Å². The van der Waals surface area contributed by atoms with Gasteiger partial charge < -0.3 is 18.9 Å². The van der Waals surface area contributed by atoms with Gasteiger partial charge in [-0.05, 0) is 20.8 Å². The molecule has 0 bridgehead atoms. The molecule has 0 rings (SSSR count). The van der Waals surface area contributed by atoms with E-state index in [1.807, 2.05) is 13.8 Å². The topological polar surface area (TPSA) is 54.0 Å². The van der Waals surface area contributed by atoms with Crippen molar-refractivity contribution in [2.45, 2.75) is 33.4 Å². The van der Waals surface area contributed by atoms with Crippen molar-refractivity contribution in [1.29, 1.82) is 0 Å². The maximum atomic E-state index is 9.82. The third kappa shape index (κ3) is 6.82. The molecule has 14 heavy (non-hydrogen) atoms. The Labute approximate surface area is 84.3 Å². The highest BCUT2D eigenvalue weighted by molar-refractivity contribution is 5.38. The molecule has 0 saturated heterocycles. The van der Waals surface area contributed by atoms with Crippen molar-refractivity contribution in [3.63, 3.8) is 0 Å². The fourth-order valence-corrected chi connectivity index (χ4v) is 0.832. The van der Waals surface area contributed by atoms with Crippen LogP contribution in [0.2, 0.25) is 0 Å². The summed E-state index contributed by atoms with van der Waals surface area (Å²) in [6.45, 7) is 7.94. The van der Waals surface area contributed by atoms with Gasteiger partial charge in [0.1, 0.15) is 6.61 Å². The maximum Gasteiger partial charge on any atom is 0.419 e. The Morgan fingerprint density at radius 1 is 1.14 bits per heavy atom. The van der Waals surface area contributed by atoms with E-state index in [4.69, 9.17) is 14.2 Å². The molecule has 0 N–H and O–H groups in total. The van der Waals surface area contributed by atoms with Crippen molar-refractivity contribution < 1.29 is 23.7 Å². The van der Waals surface area contributed by atoms with Gasteiger partial charge in [-0.1, -0.05) is 0 Å². The molecule has 1 atom stereocenters. The van der Waals surface area contributed by atoms with Crippen molar-refractivity contribution in [3.05, 3.63) is 0 Å². The molecule has 5 heteroatoms. The second-order valence-corrected chi connectivity index (χ2v) is 2.44. The molecule has 1 radical (unpaired) electrons. The van der Waals surface area contributed by atoms with Gasteiger partial charge >= 0.3 is 6.47 Å². The summed E-state index contributed by atoms with van der Waals surface area (Å²) in [6, 6.07) is 0. The highest BCUT2D eigenvalue weighted by atomic mass is 16.7. The molecule has 0 saturated carbocycles. The molecule has 0 amide bonds. The maximum absolute atomic E-state index is 9.82. The molecule has 0 aliphatic carbocycles. The van der Waals surface area contributed by atoms with Crippen molar-refractivity contribution >= 4 is 6.47 Å². The molecule has 0 aromatic heterocycles. The lowest BCUT2D eigenvalue weighted by atomic mass is 10.6. The number of hydrogen-bond acceptors (Lipinski definition) is 5. The van der Waals surface area contributed by atoms with Gasteiger partial charge in [-0.15, -0.1) is 0 Å². The molecule has 0 fully saturated rings. The predicted octanol–water partition coefficient (Wildman–Crippen LogP) is 0.832. The smallest absolute Gasteiger partial charge is 0.419 e. The Morgan fingerprint density at radius 3 is 2.14 bits per heavy atom. The lowest BCUT2D eigenvalue weighted by Gasteiger charge is -2.18. The zero-order chi connectivity index (χ0) is 10.8. The summed E-state index contributed by atoms with van der Waals surface area (Å²) in [5.74, 6) is 0. The summed E-state index contributed by atoms with van der Waals surface area (Å²) in [6.07, 6.45) is -1.04. The Hall–Kier alpha value is -0.650. The molecule has 0 aliphatic heterocycles. The molecular weight excluding hydrogens is 188 g/mol. The van der Waals surface area contributed by atoms with Gasteiger partial charge in [-0.25, -0.2) is 4.79 Å². The summed E-state index contributed by atoms with van der Waals surface area (Å²) in [7, 11) is 0. The van der Waals surface area contributed by atoms with Crippen LogP contribution >= 0.6 is 0 Å². The summed E-state index contributed by atoms with van der Waals surface area (Å²) >= 11 is 0. The number of ether oxygens (including phenoxy) is 4. The van der Waals surface area contributed by atoms with Crippen LogP contribution in [0.25, 0.3) is 0 Å². The first-order valence-corrected chi connectivity index (χ1v) is 4.62. The fraction of sp³-hybridized carbons (Fsp3) is 0.889. The van der Waals surface area contributed by atoms with Gasteiger partial charge in [0.25, 0.3) is 0 Å². The average Bonchev–Trinajstić information content (AvgIpc) is 2.15. The molecule has 0 spiro atoms. The SMILES string of the molecule is CCOC(COC(C)O[C]=O)OCC. The van der Waals surface area contributed by atoms with Crippen molar-refractivity contribution in [3.8, 4) is 0 Å². The predicted molar refractivity (Wildman–Crippen MR) is 49.2 cm³/mol. The van der Waals surface area contributed by atoms with E-state index in [9.17, 15) is 4.79 Å². The van der Waals surface area contributed by atoms with Crippen LogP contribution in [0.1, 0.15) is 20.8 Å². The van der Waals surface area contributed by atoms with E-state index in [0.717, 1.165) is 0 Å². The monoisotopic (exact) mass is 205 g/mol. The second kappa shape index (κ2) is 8.93. The van der Waals surface area contributed by atoms with Crippen molar-refractivity contribution in [2.24, 2.45) is 0 Å². The Balaban J connectivity index is 3.62. The van der Waals surface area contributed by atoms with Crippen molar-refractivity contribution in [2.75, 3.05) is 19.8 Å². The fourth-order valence-electron chi connectivity index (χ4n) is 0.832. The van der Waals surface area contributed by atoms with Crippen LogP contribution in [-0.2, 0) is 23.7 Å². The molecule has 1 unspecified atom stereocenters. The van der Waals surface area contributed by atoms with Gasteiger partial charge in [0, 0.05) is 13.2 Å². The highest BCUT2D eigenvalue weighted by Crippen LogP contribution is 1.99. The van der Waals surface area contributed by atoms with Crippen LogP contribution in [0.3, 0.4) is 0 Å². The number of rotatable bonds is 9. The second-order valence-electron chi connectivity index (χ2n) is 2.44. The molecule has 5 nitrogen and oxygen atoms in total. The van der Waals surface area contributed by atoms with Gasteiger partial charge in [0.05, 0.1) is 0 Å². The van der Waals surface area contributed by atoms with Gasteiger partial charge in [-0.2, -0.15) is 0 Å². The standard InChI is InChI=1S/C9H17O5/c1-4-11-9(12-5-2)6-13-8(3)14-7-10/h8-9H,4-6H2,1-3H3. The molecule has 0 aliphatic rings. The van der Waals surface area contributed by atoms with Gasteiger partial charge in [0.2, 0.25) is 6.29 Å². The first-order valence-electron chi connectivity index (χ1n) is 4.62. The lowest BCUT2D eigenvalue weighted by molar-refractivity contribution is -0.196. The van der Waals surface area contributed by atoms with Gasteiger partial charge in [-0.3, -0.25) is 0 Å². The summed E-state index contributed by atoms with van der Waals surface area (Å²) < 4.78 is 19.9. The summed E-state index contributed by atoms with van der Waals surface area (Å²) in [4.78, 5) is 9.82. The first kappa shape index (κ1) is 13.4. The van der Waals surface area contributed by atoms with E-state index in [0.29, 0.717) is 13.2 Å². The largest absolute Gasteiger partial charge is 0.428 e. The zero-order valence-electron chi connectivity index (χ0n) is 8.82. The van der Waals surface area contributed by atoms with Gasteiger partial charge in [0.15, 0.2) is 6.29 Å². The minimum absolute atomic E-state index is 0.227. The molecular formula is C9H17O5. The van der Waals surface area contributed by atoms with Crippen LogP contribution in [-0.4, -0.2) is 38.9 Å². The van der Waals surface area contributed by atoms with E-state index in [2.05, 4.69) is 4.74 Å². The third-order valence-electron chi connectivity index (χ3n) is 1.39. The average molecular weight is 205 g/mol.